The van der Waals surface area contributed by atoms with E-state index < -0.39 is 5.91 Å². The third-order valence-corrected chi connectivity index (χ3v) is 4.51. The Labute approximate surface area is 162 Å². The number of amides is 3. The van der Waals surface area contributed by atoms with Crippen molar-refractivity contribution in [2.75, 3.05) is 33.7 Å². The van der Waals surface area contributed by atoms with Gasteiger partial charge in [0, 0.05) is 18.3 Å². The highest BCUT2D eigenvalue weighted by Gasteiger charge is 2.32. The molecule has 2 aromatic carbocycles. The molecule has 0 saturated carbocycles. The van der Waals surface area contributed by atoms with Crippen LogP contribution in [0.2, 0.25) is 0 Å². The first-order valence-electron chi connectivity index (χ1n) is 8.45. The van der Waals surface area contributed by atoms with Crippen LogP contribution in [0.4, 0.5) is 5.69 Å². The molecule has 8 heteroatoms. The van der Waals surface area contributed by atoms with Crippen LogP contribution in [0, 0.1) is 0 Å². The Hall–Kier alpha value is -3.55. The molecule has 0 spiro atoms. The second-order valence-electron chi connectivity index (χ2n) is 6.15. The number of nitrogens with zero attached hydrogens (tertiary/aromatic N) is 1. The molecule has 1 aliphatic rings. The SMILES string of the molecule is COc1ccc(CC(=O)Nc2ccc3c(c2)C(=O)N(C)C3=O)c(OC)c1OC. The van der Waals surface area contributed by atoms with Gasteiger partial charge >= 0.3 is 0 Å². The maximum Gasteiger partial charge on any atom is 0.261 e. The summed E-state index contributed by atoms with van der Waals surface area (Å²) in [5, 5.41) is 2.74. The van der Waals surface area contributed by atoms with Gasteiger partial charge in [-0.3, -0.25) is 19.3 Å². The number of carbonyl (C=O) groups is 3. The standard InChI is InChI=1S/C20H20N2O6/c1-22-19(24)13-7-6-12(10-14(13)20(22)25)21-16(23)9-11-5-8-15(26-2)18(28-4)17(11)27-3/h5-8,10H,9H2,1-4H3,(H,21,23). The van der Waals surface area contributed by atoms with Crippen molar-refractivity contribution < 1.29 is 28.6 Å². The number of nitrogens with one attached hydrogen (secondary N) is 1. The van der Waals surface area contributed by atoms with Crippen LogP contribution in [0.5, 0.6) is 17.2 Å². The number of anilines is 1. The van der Waals surface area contributed by atoms with Crippen LogP contribution in [0.1, 0.15) is 26.3 Å². The maximum absolute atomic E-state index is 12.5. The van der Waals surface area contributed by atoms with Crippen molar-refractivity contribution in [3.05, 3.63) is 47.0 Å². The fourth-order valence-corrected chi connectivity index (χ4v) is 3.12. The Bertz CT molecular complexity index is 969. The number of rotatable bonds is 6. The number of ether oxygens (including phenoxy) is 3. The topological polar surface area (TPSA) is 94.2 Å². The van der Waals surface area contributed by atoms with Gasteiger partial charge in [-0.1, -0.05) is 6.07 Å². The van der Waals surface area contributed by atoms with Crippen molar-refractivity contribution in [3.8, 4) is 17.2 Å². The maximum atomic E-state index is 12.5. The molecule has 1 N–H and O–H groups in total. The highest BCUT2D eigenvalue weighted by atomic mass is 16.5. The monoisotopic (exact) mass is 384 g/mol. The minimum absolute atomic E-state index is 0.0212. The number of methoxy groups -OCH3 is 3. The zero-order chi connectivity index (χ0) is 20.4. The van der Waals surface area contributed by atoms with Crippen LogP contribution in [-0.2, 0) is 11.2 Å². The number of benzene rings is 2. The minimum atomic E-state index is -0.391. The molecule has 3 rings (SSSR count). The molecule has 0 atom stereocenters. The lowest BCUT2D eigenvalue weighted by Crippen LogP contribution is -2.24. The summed E-state index contributed by atoms with van der Waals surface area (Å²) >= 11 is 0. The fourth-order valence-electron chi connectivity index (χ4n) is 3.12. The van der Waals surface area contributed by atoms with E-state index in [1.54, 1.807) is 18.2 Å². The summed E-state index contributed by atoms with van der Waals surface area (Å²) in [5.41, 5.74) is 1.64. The van der Waals surface area contributed by atoms with E-state index in [0.29, 0.717) is 34.1 Å². The molecule has 0 aliphatic carbocycles. The lowest BCUT2D eigenvalue weighted by molar-refractivity contribution is -0.115. The van der Waals surface area contributed by atoms with Gasteiger partial charge in [-0.25, -0.2) is 0 Å². The molecular formula is C20H20N2O6. The Balaban J connectivity index is 1.81. The van der Waals surface area contributed by atoms with Crippen molar-refractivity contribution >= 4 is 23.4 Å². The van der Waals surface area contributed by atoms with Crippen LogP contribution >= 0.6 is 0 Å². The summed E-state index contributed by atoms with van der Waals surface area (Å²) in [6.07, 6.45) is 0.0212. The molecular weight excluding hydrogens is 364 g/mol. The van der Waals surface area contributed by atoms with Gasteiger partial charge in [0.15, 0.2) is 11.5 Å². The number of hydrogen-bond acceptors (Lipinski definition) is 6. The van der Waals surface area contributed by atoms with Gasteiger partial charge in [-0.15, -0.1) is 0 Å². The van der Waals surface area contributed by atoms with Crippen molar-refractivity contribution in [3.63, 3.8) is 0 Å². The number of imide groups is 1. The van der Waals surface area contributed by atoms with E-state index in [1.807, 2.05) is 0 Å². The van der Waals surface area contributed by atoms with E-state index in [4.69, 9.17) is 14.2 Å². The number of carbonyl (C=O) groups excluding carboxylic acids is 3. The Morgan fingerprint density at radius 3 is 2.25 bits per heavy atom. The lowest BCUT2D eigenvalue weighted by atomic mass is 10.1. The second kappa shape index (κ2) is 7.59. The summed E-state index contributed by atoms with van der Waals surface area (Å²) in [6, 6.07) is 8.04. The van der Waals surface area contributed by atoms with Gasteiger partial charge < -0.3 is 19.5 Å². The molecule has 0 fully saturated rings. The summed E-state index contributed by atoms with van der Waals surface area (Å²) in [4.78, 5) is 37.6. The predicted octanol–water partition coefficient (Wildman–Crippen LogP) is 2.12. The van der Waals surface area contributed by atoms with Gasteiger partial charge in [0.1, 0.15) is 0 Å². The first kappa shape index (κ1) is 19.2. The van der Waals surface area contributed by atoms with E-state index in [2.05, 4.69) is 5.32 Å². The fraction of sp³-hybridized carbons (Fsp3) is 0.250. The number of fused-ring (bicyclic) bond motifs is 1. The Morgan fingerprint density at radius 1 is 0.929 bits per heavy atom. The molecule has 3 amide bonds. The van der Waals surface area contributed by atoms with Gasteiger partial charge in [0.2, 0.25) is 11.7 Å². The molecule has 0 bridgehead atoms. The normalized spacial score (nSPS) is 12.6. The Morgan fingerprint density at radius 2 is 1.61 bits per heavy atom. The van der Waals surface area contributed by atoms with Crippen LogP contribution in [-0.4, -0.2) is 51.0 Å². The quantitative estimate of drug-likeness (QED) is 0.767. The second-order valence-corrected chi connectivity index (χ2v) is 6.15. The minimum Gasteiger partial charge on any atom is -0.493 e. The summed E-state index contributed by atoms with van der Waals surface area (Å²) in [6.45, 7) is 0. The van der Waals surface area contributed by atoms with Gasteiger partial charge in [-0.05, 0) is 24.3 Å². The van der Waals surface area contributed by atoms with Crippen molar-refractivity contribution in [1.82, 2.24) is 4.90 Å². The largest absolute Gasteiger partial charge is 0.493 e. The molecule has 28 heavy (non-hydrogen) atoms. The molecule has 0 unspecified atom stereocenters. The number of hydrogen-bond donors (Lipinski definition) is 1. The Kier molecular flexibility index (Phi) is 5.21. The van der Waals surface area contributed by atoms with Crippen LogP contribution in [0.25, 0.3) is 0 Å². The average Bonchev–Trinajstić information content (AvgIpc) is 2.91. The predicted molar refractivity (Wildman–Crippen MR) is 101 cm³/mol. The van der Waals surface area contributed by atoms with E-state index in [0.717, 1.165) is 4.90 Å². The van der Waals surface area contributed by atoms with E-state index >= 15 is 0 Å². The van der Waals surface area contributed by atoms with Crippen LogP contribution in [0.3, 0.4) is 0 Å². The first-order valence-corrected chi connectivity index (χ1v) is 8.45. The van der Waals surface area contributed by atoms with Crippen LogP contribution in [0.15, 0.2) is 30.3 Å². The summed E-state index contributed by atoms with van der Waals surface area (Å²) in [7, 11) is 5.91. The molecule has 0 aromatic heterocycles. The molecule has 1 heterocycles. The van der Waals surface area contributed by atoms with Crippen LogP contribution < -0.4 is 19.5 Å². The average molecular weight is 384 g/mol. The highest BCUT2D eigenvalue weighted by Crippen LogP contribution is 2.40. The third-order valence-electron chi connectivity index (χ3n) is 4.51. The smallest absolute Gasteiger partial charge is 0.261 e. The lowest BCUT2D eigenvalue weighted by Gasteiger charge is -2.15. The van der Waals surface area contributed by atoms with E-state index in [-0.39, 0.29) is 23.8 Å². The van der Waals surface area contributed by atoms with E-state index in [1.165, 1.54) is 40.5 Å². The highest BCUT2D eigenvalue weighted by molar-refractivity contribution is 6.21. The zero-order valence-electron chi connectivity index (χ0n) is 16.0. The zero-order valence-corrected chi connectivity index (χ0v) is 16.0. The molecule has 0 saturated heterocycles. The summed E-state index contributed by atoms with van der Waals surface area (Å²) in [5.74, 6) is 0.254. The van der Waals surface area contributed by atoms with E-state index in [9.17, 15) is 14.4 Å². The van der Waals surface area contributed by atoms with Gasteiger partial charge in [0.05, 0.1) is 38.9 Å². The first-order chi connectivity index (χ1) is 13.4. The van der Waals surface area contributed by atoms with Gasteiger partial charge in [0.25, 0.3) is 11.8 Å². The molecule has 2 aromatic rings. The van der Waals surface area contributed by atoms with Gasteiger partial charge in [-0.2, -0.15) is 0 Å². The van der Waals surface area contributed by atoms with Crippen molar-refractivity contribution in [2.24, 2.45) is 0 Å². The molecule has 146 valence electrons. The summed E-state index contributed by atoms with van der Waals surface area (Å²) < 4.78 is 15.9. The van der Waals surface area contributed by atoms with Crippen molar-refractivity contribution in [2.45, 2.75) is 6.42 Å². The molecule has 0 radical (unpaired) electrons. The van der Waals surface area contributed by atoms with Crippen molar-refractivity contribution in [1.29, 1.82) is 0 Å². The molecule has 1 aliphatic heterocycles. The third kappa shape index (κ3) is 3.24. The molecule has 8 nitrogen and oxygen atoms in total.